The smallest absolute Gasteiger partial charge is 0.306 e. The van der Waals surface area contributed by atoms with Gasteiger partial charge in [0.05, 0.1) is 13.0 Å². The number of rotatable bonds is 4. The molecule has 2 aromatic carbocycles. The van der Waals surface area contributed by atoms with Gasteiger partial charge in [0.1, 0.15) is 5.75 Å². The SMILES string of the molecule is COc1ccc(C(=O)C2CCC(C(=O)O)CC2)c2ccccc12. The summed E-state index contributed by atoms with van der Waals surface area (Å²) in [7, 11) is 1.62. The third kappa shape index (κ3) is 2.93. The average Bonchev–Trinajstić information content (AvgIpc) is 2.60. The molecule has 120 valence electrons. The molecule has 1 fully saturated rings. The number of ketones is 1. The van der Waals surface area contributed by atoms with E-state index in [-0.39, 0.29) is 17.6 Å². The monoisotopic (exact) mass is 312 g/mol. The van der Waals surface area contributed by atoms with E-state index in [0.29, 0.717) is 31.2 Å². The summed E-state index contributed by atoms with van der Waals surface area (Å²) >= 11 is 0. The molecule has 3 rings (SSSR count). The van der Waals surface area contributed by atoms with Crippen LogP contribution in [0.1, 0.15) is 36.0 Å². The van der Waals surface area contributed by atoms with Crippen molar-refractivity contribution in [2.45, 2.75) is 25.7 Å². The number of fused-ring (bicyclic) bond motifs is 1. The highest BCUT2D eigenvalue weighted by atomic mass is 16.5. The van der Waals surface area contributed by atoms with Crippen LogP contribution in [0.3, 0.4) is 0 Å². The Labute approximate surface area is 135 Å². The zero-order chi connectivity index (χ0) is 16.4. The number of carbonyl (C=O) groups excluding carboxylic acids is 1. The number of carbonyl (C=O) groups is 2. The van der Waals surface area contributed by atoms with Gasteiger partial charge in [-0.2, -0.15) is 0 Å². The van der Waals surface area contributed by atoms with Gasteiger partial charge in [-0.15, -0.1) is 0 Å². The summed E-state index contributed by atoms with van der Waals surface area (Å²) in [6.45, 7) is 0. The van der Waals surface area contributed by atoms with E-state index in [2.05, 4.69) is 0 Å². The van der Waals surface area contributed by atoms with Crippen LogP contribution in [0.15, 0.2) is 36.4 Å². The fourth-order valence-corrected chi connectivity index (χ4v) is 3.49. The van der Waals surface area contributed by atoms with E-state index in [1.165, 1.54) is 0 Å². The van der Waals surface area contributed by atoms with Gasteiger partial charge in [0, 0.05) is 16.9 Å². The molecule has 0 radical (unpaired) electrons. The Kier molecular flexibility index (Phi) is 4.33. The molecule has 0 heterocycles. The number of carboxylic acid groups (broad SMARTS) is 1. The highest BCUT2D eigenvalue weighted by Gasteiger charge is 2.30. The van der Waals surface area contributed by atoms with Crippen molar-refractivity contribution in [1.29, 1.82) is 0 Å². The third-order valence-electron chi connectivity index (χ3n) is 4.82. The number of hydrogen-bond donors (Lipinski definition) is 1. The fraction of sp³-hybridized carbons (Fsp3) is 0.368. The molecule has 1 aliphatic carbocycles. The van der Waals surface area contributed by atoms with Gasteiger partial charge in [-0.3, -0.25) is 9.59 Å². The van der Waals surface area contributed by atoms with E-state index in [1.54, 1.807) is 7.11 Å². The van der Waals surface area contributed by atoms with Crippen molar-refractivity contribution in [3.63, 3.8) is 0 Å². The Hall–Kier alpha value is -2.36. The number of aliphatic carboxylic acids is 1. The van der Waals surface area contributed by atoms with Crippen molar-refractivity contribution in [3.05, 3.63) is 42.0 Å². The molecular formula is C19H20O4. The van der Waals surface area contributed by atoms with Gasteiger partial charge >= 0.3 is 5.97 Å². The molecule has 0 amide bonds. The summed E-state index contributed by atoms with van der Waals surface area (Å²) in [5.74, 6) is -0.251. The summed E-state index contributed by atoms with van der Waals surface area (Å²) in [5.41, 5.74) is 0.708. The van der Waals surface area contributed by atoms with Gasteiger partial charge in [-0.25, -0.2) is 0 Å². The fourth-order valence-electron chi connectivity index (χ4n) is 3.49. The van der Waals surface area contributed by atoms with Gasteiger partial charge in [-0.1, -0.05) is 24.3 Å². The molecule has 4 heteroatoms. The van der Waals surface area contributed by atoms with Crippen LogP contribution in [0.4, 0.5) is 0 Å². The summed E-state index contributed by atoms with van der Waals surface area (Å²) in [4.78, 5) is 23.9. The lowest BCUT2D eigenvalue weighted by atomic mass is 9.78. The molecule has 1 aliphatic rings. The summed E-state index contributed by atoms with van der Waals surface area (Å²) in [6, 6.07) is 11.4. The van der Waals surface area contributed by atoms with Crippen molar-refractivity contribution < 1.29 is 19.4 Å². The van der Waals surface area contributed by atoms with Gasteiger partial charge in [-0.05, 0) is 43.2 Å². The maximum atomic E-state index is 12.9. The van der Waals surface area contributed by atoms with Crippen molar-refractivity contribution in [2.75, 3.05) is 7.11 Å². The van der Waals surface area contributed by atoms with Crippen LogP contribution < -0.4 is 4.74 Å². The first-order chi connectivity index (χ1) is 11.1. The second-order valence-corrected chi connectivity index (χ2v) is 6.11. The molecule has 0 spiro atoms. The summed E-state index contributed by atoms with van der Waals surface area (Å²) in [6.07, 6.45) is 2.46. The van der Waals surface area contributed by atoms with Gasteiger partial charge < -0.3 is 9.84 Å². The highest BCUT2D eigenvalue weighted by Crippen LogP contribution is 2.34. The van der Waals surface area contributed by atoms with Crippen LogP contribution in [0, 0.1) is 11.8 Å². The number of Topliss-reactive ketones (excluding diaryl/α,β-unsaturated/α-hetero) is 1. The van der Waals surface area contributed by atoms with Crippen LogP contribution in [0.2, 0.25) is 0 Å². The standard InChI is InChI=1S/C19H20O4/c1-23-17-11-10-16(14-4-2-3-5-15(14)17)18(20)12-6-8-13(9-7-12)19(21)22/h2-5,10-13H,6-9H2,1H3,(H,21,22). The molecule has 0 saturated heterocycles. The quantitative estimate of drug-likeness (QED) is 0.869. The second kappa shape index (κ2) is 6.41. The predicted octanol–water partition coefficient (Wildman–Crippen LogP) is 3.92. The Morgan fingerprint density at radius 3 is 2.17 bits per heavy atom. The Bertz CT molecular complexity index is 742. The first-order valence-electron chi connectivity index (χ1n) is 7.94. The Morgan fingerprint density at radius 1 is 0.957 bits per heavy atom. The average molecular weight is 312 g/mol. The number of methoxy groups -OCH3 is 1. The molecule has 0 aliphatic heterocycles. The molecular weight excluding hydrogens is 292 g/mol. The molecule has 1 saturated carbocycles. The van der Waals surface area contributed by atoms with Crippen molar-refractivity contribution in [2.24, 2.45) is 11.8 Å². The Morgan fingerprint density at radius 2 is 1.57 bits per heavy atom. The molecule has 23 heavy (non-hydrogen) atoms. The summed E-state index contributed by atoms with van der Waals surface area (Å²) < 4.78 is 5.37. The van der Waals surface area contributed by atoms with Crippen LogP contribution >= 0.6 is 0 Å². The van der Waals surface area contributed by atoms with Crippen molar-refractivity contribution in [3.8, 4) is 5.75 Å². The number of ether oxygens (including phenoxy) is 1. The first kappa shape index (κ1) is 15.5. The minimum atomic E-state index is -0.745. The third-order valence-corrected chi connectivity index (χ3v) is 4.82. The lowest BCUT2D eigenvalue weighted by Gasteiger charge is -2.25. The maximum absolute atomic E-state index is 12.9. The normalized spacial score (nSPS) is 21.1. The topological polar surface area (TPSA) is 63.6 Å². The zero-order valence-corrected chi connectivity index (χ0v) is 13.1. The molecule has 0 atom stereocenters. The van der Waals surface area contributed by atoms with E-state index in [0.717, 1.165) is 16.5 Å². The number of carboxylic acids is 1. The van der Waals surface area contributed by atoms with E-state index >= 15 is 0 Å². The number of benzene rings is 2. The largest absolute Gasteiger partial charge is 0.496 e. The predicted molar refractivity (Wildman–Crippen MR) is 87.9 cm³/mol. The molecule has 0 bridgehead atoms. The van der Waals surface area contributed by atoms with E-state index in [9.17, 15) is 9.59 Å². The zero-order valence-electron chi connectivity index (χ0n) is 13.1. The van der Waals surface area contributed by atoms with E-state index < -0.39 is 5.97 Å². The lowest BCUT2D eigenvalue weighted by Crippen LogP contribution is -2.26. The van der Waals surface area contributed by atoms with Gasteiger partial charge in [0.2, 0.25) is 0 Å². The maximum Gasteiger partial charge on any atom is 0.306 e. The first-order valence-corrected chi connectivity index (χ1v) is 7.94. The Balaban J connectivity index is 1.89. The molecule has 2 aromatic rings. The van der Waals surface area contributed by atoms with Gasteiger partial charge in [0.15, 0.2) is 5.78 Å². The molecule has 4 nitrogen and oxygen atoms in total. The van der Waals surface area contributed by atoms with E-state index in [1.807, 2.05) is 36.4 Å². The molecule has 0 aromatic heterocycles. The van der Waals surface area contributed by atoms with Crippen LogP contribution in [0.5, 0.6) is 5.75 Å². The molecule has 1 N–H and O–H groups in total. The highest BCUT2D eigenvalue weighted by molar-refractivity contribution is 6.10. The minimum absolute atomic E-state index is 0.0811. The van der Waals surface area contributed by atoms with Crippen LogP contribution in [0.25, 0.3) is 10.8 Å². The minimum Gasteiger partial charge on any atom is -0.496 e. The number of hydrogen-bond acceptors (Lipinski definition) is 3. The summed E-state index contributed by atoms with van der Waals surface area (Å²) in [5, 5.41) is 10.9. The van der Waals surface area contributed by atoms with Crippen LogP contribution in [-0.4, -0.2) is 24.0 Å². The molecule has 0 unspecified atom stereocenters. The lowest BCUT2D eigenvalue weighted by molar-refractivity contribution is -0.143. The van der Waals surface area contributed by atoms with Crippen molar-refractivity contribution in [1.82, 2.24) is 0 Å². The second-order valence-electron chi connectivity index (χ2n) is 6.11. The van der Waals surface area contributed by atoms with Crippen molar-refractivity contribution >= 4 is 22.5 Å². The van der Waals surface area contributed by atoms with E-state index in [4.69, 9.17) is 9.84 Å². The van der Waals surface area contributed by atoms with Crippen LogP contribution in [-0.2, 0) is 4.79 Å². The van der Waals surface area contributed by atoms with Gasteiger partial charge in [0.25, 0.3) is 0 Å².